The fourth-order valence-electron chi connectivity index (χ4n) is 0.803. The molecule has 0 aliphatic heterocycles. The molecule has 2 rings (SSSR count). The number of nitrogens with zero attached hydrogens (tertiary/aromatic N) is 1. The highest BCUT2D eigenvalue weighted by Gasteiger charge is 1.91. The van der Waals surface area contributed by atoms with E-state index in [4.69, 9.17) is 9.21 Å². The molecule has 0 N–H and O–H groups in total. The van der Waals surface area contributed by atoms with Crippen molar-refractivity contribution in [3.8, 4) is 0 Å². The first-order chi connectivity index (χ1) is 5.88. The van der Waals surface area contributed by atoms with Crippen LogP contribution in [0.4, 0.5) is 0 Å². The molecule has 0 amide bonds. The fraction of sp³-hybridized carbons (Fsp3) is 0.111. The lowest BCUT2D eigenvalue weighted by Gasteiger charge is -1.79. The largest absolute Gasteiger partial charge is 0.443 e. The lowest BCUT2D eigenvalue weighted by molar-refractivity contribution is -0.106. The predicted molar refractivity (Wildman–Crippen MR) is 45.7 cm³/mol. The van der Waals surface area contributed by atoms with E-state index < -0.39 is 0 Å². The quantitative estimate of drug-likeness (QED) is 0.558. The number of aldehydes is 1. The molecule has 1 aromatic carbocycles. The van der Waals surface area contributed by atoms with Crippen LogP contribution < -0.4 is 0 Å². The minimum Gasteiger partial charge on any atom is -0.443 e. The third kappa shape index (κ3) is 1.92. The molecule has 0 aliphatic rings. The van der Waals surface area contributed by atoms with E-state index in [1.165, 1.54) is 13.3 Å². The van der Waals surface area contributed by atoms with Gasteiger partial charge in [0.2, 0.25) is 0 Å². The van der Waals surface area contributed by atoms with Crippen LogP contribution in [0.25, 0.3) is 11.1 Å². The molecule has 0 saturated heterocycles. The topological polar surface area (TPSA) is 43.1 Å². The summed E-state index contributed by atoms with van der Waals surface area (Å²) >= 11 is 0. The number of carbonyl (C=O) groups excluding carboxylic acids is 1. The van der Waals surface area contributed by atoms with Gasteiger partial charge in [-0.1, -0.05) is 12.1 Å². The summed E-state index contributed by atoms with van der Waals surface area (Å²) in [6.07, 6.45) is 2.20. The highest BCUT2D eigenvalue weighted by Crippen LogP contribution is 2.09. The number of rotatable bonds is 0. The van der Waals surface area contributed by atoms with Gasteiger partial charge in [0.25, 0.3) is 0 Å². The number of oxazole rings is 1. The van der Waals surface area contributed by atoms with Crippen molar-refractivity contribution in [2.75, 3.05) is 0 Å². The molecule has 0 unspecified atom stereocenters. The van der Waals surface area contributed by atoms with Crippen molar-refractivity contribution in [2.24, 2.45) is 0 Å². The molecule has 0 spiro atoms. The molecule has 0 saturated carbocycles. The van der Waals surface area contributed by atoms with Crippen molar-refractivity contribution < 1.29 is 9.21 Å². The second kappa shape index (κ2) is 4.28. The molecule has 0 aliphatic carbocycles. The van der Waals surface area contributed by atoms with E-state index in [9.17, 15) is 0 Å². The summed E-state index contributed by atoms with van der Waals surface area (Å²) < 4.78 is 5.01. The molecule has 62 valence electrons. The Morgan fingerprint density at radius 2 is 2.08 bits per heavy atom. The van der Waals surface area contributed by atoms with E-state index in [2.05, 4.69) is 4.98 Å². The van der Waals surface area contributed by atoms with E-state index in [1.54, 1.807) is 0 Å². The maximum Gasteiger partial charge on any atom is 0.181 e. The van der Waals surface area contributed by atoms with E-state index >= 15 is 0 Å². The Hall–Kier alpha value is -1.64. The van der Waals surface area contributed by atoms with Crippen LogP contribution in [0.15, 0.2) is 35.1 Å². The van der Waals surface area contributed by atoms with Crippen LogP contribution >= 0.6 is 0 Å². The fourth-order valence-corrected chi connectivity index (χ4v) is 0.803. The number of fused-ring (bicyclic) bond motifs is 1. The number of carbonyl (C=O) groups is 1. The Bertz CT molecular complexity index is 324. The van der Waals surface area contributed by atoms with E-state index in [-0.39, 0.29) is 0 Å². The molecule has 0 radical (unpaired) electrons. The van der Waals surface area contributed by atoms with Gasteiger partial charge in [-0.3, -0.25) is 0 Å². The zero-order valence-electron chi connectivity index (χ0n) is 6.73. The highest BCUT2D eigenvalue weighted by atomic mass is 16.3. The van der Waals surface area contributed by atoms with Gasteiger partial charge >= 0.3 is 0 Å². The zero-order valence-corrected chi connectivity index (χ0v) is 6.73. The Kier molecular flexibility index (Phi) is 3.02. The van der Waals surface area contributed by atoms with Gasteiger partial charge in [0.15, 0.2) is 12.0 Å². The summed E-state index contributed by atoms with van der Waals surface area (Å²) in [5, 5.41) is 0. The molecule has 12 heavy (non-hydrogen) atoms. The smallest absolute Gasteiger partial charge is 0.181 e. The van der Waals surface area contributed by atoms with Crippen molar-refractivity contribution in [1.82, 2.24) is 4.98 Å². The van der Waals surface area contributed by atoms with Crippen LogP contribution in [0.1, 0.15) is 6.92 Å². The minimum absolute atomic E-state index is 0.750. The summed E-state index contributed by atoms with van der Waals surface area (Å²) in [7, 11) is 0. The molecular formula is C9H9NO2. The molecule has 1 heterocycles. The second-order valence-corrected chi connectivity index (χ2v) is 2.06. The van der Waals surface area contributed by atoms with Crippen molar-refractivity contribution in [2.45, 2.75) is 6.92 Å². The molecule has 3 nitrogen and oxygen atoms in total. The maximum atomic E-state index is 8.81. The molecule has 1 aromatic heterocycles. The summed E-state index contributed by atoms with van der Waals surface area (Å²) in [6.45, 7) is 1.44. The van der Waals surface area contributed by atoms with Crippen molar-refractivity contribution in [3.05, 3.63) is 30.7 Å². The molecule has 0 atom stereocenters. The van der Waals surface area contributed by atoms with Gasteiger partial charge in [-0.05, 0) is 19.1 Å². The third-order valence-electron chi connectivity index (χ3n) is 1.24. The highest BCUT2D eigenvalue weighted by molar-refractivity contribution is 5.71. The standard InChI is InChI=1S/C7H5NO.C2H4O/c1-2-4-7-6(3-1)8-5-9-7;1-2-3/h1-5H;2H,1H3. The number of para-hydroxylation sites is 2. The van der Waals surface area contributed by atoms with Crippen molar-refractivity contribution >= 4 is 17.4 Å². The van der Waals surface area contributed by atoms with Gasteiger partial charge in [0.05, 0.1) is 0 Å². The lowest BCUT2D eigenvalue weighted by Crippen LogP contribution is -1.61. The molecule has 0 bridgehead atoms. The van der Waals surface area contributed by atoms with Gasteiger partial charge < -0.3 is 9.21 Å². The van der Waals surface area contributed by atoms with Gasteiger partial charge in [0.1, 0.15) is 11.8 Å². The number of hydrogen-bond donors (Lipinski definition) is 0. The first kappa shape index (κ1) is 8.46. The number of hydrogen-bond acceptors (Lipinski definition) is 3. The maximum absolute atomic E-state index is 8.81. The SMILES string of the molecule is CC=O.c1ccc2ocnc2c1. The zero-order chi connectivity index (χ0) is 8.81. The third-order valence-corrected chi connectivity index (χ3v) is 1.24. The van der Waals surface area contributed by atoms with Crippen LogP contribution in [0.2, 0.25) is 0 Å². The van der Waals surface area contributed by atoms with Crippen molar-refractivity contribution in [3.63, 3.8) is 0 Å². The number of benzene rings is 1. The molecular weight excluding hydrogens is 154 g/mol. The second-order valence-electron chi connectivity index (χ2n) is 2.06. The predicted octanol–water partition coefficient (Wildman–Crippen LogP) is 2.03. The minimum atomic E-state index is 0.750. The normalized spacial score (nSPS) is 8.75. The average molecular weight is 163 g/mol. The first-order valence-electron chi connectivity index (χ1n) is 3.56. The van der Waals surface area contributed by atoms with Crippen molar-refractivity contribution in [1.29, 1.82) is 0 Å². The van der Waals surface area contributed by atoms with Gasteiger partial charge in [0, 0.05) is 0 Å². The number of aromatic nitrogens is 1. The summed E-state index contributed by atoms with van der Waals surface area (Å²) in [6, 6.07) is 7.67. The monoisotopic (exact) mass is 163 g/mol. The van der Waals surface area contributed by atoms with E-state index in [0.29, 0.717) is 0 Å². The van der Waals surface area contributed by atoms with Gasteiger partial charge in [-0.25, -0.2) is 4.98 Å². The van der Waals surface area contributed by atoms with Crippen LogP contribution in [0.5, 0.6) is 0 Å². The van der Waals surface area contributed by atoms with E-state index in [0.717, 1.165) is 17.4 Å². The summed E-state index contributed by atoms with van der Waals surface area (Å²) in [5.74, 6) is 0. The average Bonchev–Trinajstić information content (AvgIpc) is 2.52. The van der Waals surface area contributed by atoms with Gasteiger partial charge in [-0.15, -0.1) is 0 Å². The van der Waals surface area contributed by atoms with Crippen LogP contribution in [-0.4, -0.2) is 11.3 Å². The van der Waals surface area contributed by atoms with Crippen LogP contribution in [0, 0.1) is 0 Å². The Balaban J connectivity index is 0.000000213. The van der Waals surface area contributed by atoms with E-state index in [1.807, 2.05) is 24.3 Å². The molecule has 0 fully saturated rings. The molecule has 2 aromatic rings. The summed E-state index contributed by atoms with van der Waals surface area (Å²) in [4.78, 5) is 12.8. The van der Waals surface area contributed by atoms with Crippen LogP contribution in [0.3, 0.4) is 0 Å². The first-order valence-corrected chi connectivity index (χ1v) is 3.56. The van der Waals surface area contributed by atoms with Gasteiger partial charge in [-0.2, -0.15) is 0 Å². The Morgan fingerprint density at radius 1 is 1.42 bits per heavy atom. The molecule has 3 heteroatoms. The summed E-state index contributed by atoms with van der Waals surface area (Å²) in [5.41, 5.74) is 1.76. The Labute approximate surface area is 70.0 Å². The Morgan fingerprint density at radius 3 is 2.75 bits per heavy atom. The lowest BCUT2D eigenvalue weighted by atomic mass is 10.3. The van der Waals surface area contributed by atoms with Crippen LogP contribution in [-0.2, 0) is 4.79 Å².